The maximum Gasteiger partial charge on any atom is 0 e. The molecule has 0 N–H and O–H groups in total. The predicted molar refractivity (Wildman–Crippen MR) is 18.5 cm³/mol. The molecule has 0 saturated heterocycles. The van der Waals surface area contributed by atoms with Crippen molar-refractivity contribution < 1.29 is 39.1 Å². The van der Waals surface area contributed by atoms with Crippen LogP contribution in [0.3, 0.4) is 0 Å². The minimum Gasteiger partial charge on any atom is 0 e. The third kappa shape index (κ3) is 8.83. The van der Waals surface area contributed by atoms with Gasteiger partial charge in [0.1, 0.15) is 0 Å². The summed E-state index contributed by atoms with van der Waals surface area (Å²) in [6.45, 7) is 0. The van der Waals surface area contributed by atoms with Crippen molar-refractivity contribution >= 4 is 36.5 Å². The van der Waals surface area contributed by atoms with Crippen LogP contribution in [0.4, 0.5) is 0 Å². The van der Waals surface area contributed by atoms with E-state index in [1.165, 1.54) is 0 Å². The van der Waals surface area contributed by atoms with Gasteiger partial charge < -0.3 is 0 Å². The largest absolute Gasteiger partial charge is 0 e. The van der Waals surface area contributed by atoms with Gasteiger partial charge in [-0.2, -0.15) is 0 Å². The van der Waals surface area contributed by atoms with E-state index in [9.17, 15) is 0 Å². The van der Waals surface area contributed by atoms with Crippen LogP contribution in [0.5, 0.6) is 0 Å². The molecule has 0 spiro atoms. The summed E-state index contributed by atoms with van der Waals surface area (Å²) in [5.41, 5.74) is 0. The van der Waals surface area contributed by atoms with Crippen molar-refractivity contribution in [1.82, 2.24) is 0 Å². The van der Waals surface area contributed by atoms with Crippen LogP contribution in [0.2, 0.25) is 0 Å². The third-order valence-electron chi connectivity index (χ3n) is 0. The zero-order valence-electron chi connectivity index (χ0n) is 0.908. The number of hydrogen-bond acceptors (Lipinski definition) is 0. The average Bonchev–Trinajstić information content (AvgIpc) is 0. The van der Waals surface area contributed by atoms with E-state index in [0.717, 1.165) is 0 Å². The number of hydrogen-bond donors (Lipinski definition) is 0. The van der Waals surface area contributed by atoms with Gasteiger partial charge in [-0.25, -0.2) is 0 Å². The van der Waals surface area contributed by atoms with E-state index in [1.807, 2.05) is 0 Å². The predicted octanol–water partition coefficient (Wildman–Crippen LogP) is -2.11. The molecule has 0 aliphatic heterocycles. The molecule has 0 fully saturated rings. The molecule has 0 aliphatic carbocycles. The monoisotopic (exact) mass is 186 g/mol. The topological polar surface area (TPSA) is 0 Å². The molecule has 0 aromatic heterocycles. The average molecular weight is 184 g/mol. The Morgan fingerprint density at radius 1 is 1.00 bits per heavy atom. The van der Waals surface area contributed by atoms with Gasteiger partial charge in [0.15, 0.2) is 0 Å². The first kappa shape index (κ1) is 32.5. The van der Waals surface area contributed by atoms with E-state index < -0.39 is 0 Å². The molecule has 0 aliphatic rings. The Kier molecular flexibility index (Phi) is 148. The molecule has 0 unspecified atom stereocenters. The van der Waals surface area contributed by atoms with Crippen LogP contribution < -0.4 is 0 Å². The van der Waals surface area contributed by atoms with Crippen LogP contribution in [0.25, 0.3) is 0 Å². The van der Waals surface area contributed by atoms with Gasteiger partial charge in [-0.15, -0.1) is 0 Å². The van der Waals surface area contributed by atoms with Crippen molar-refractivity contribution in [1.29, 1.82) is 0 Å². The molecule has 4 heavy (non-hydrogen) atoms. The molecule has 0 atom stereocenters. The minimum absolute atomic E-state index is 0. The first-order valence-corrected chi connectivity index (χ1v) is 0. The summed E-state index contributed by atoms with van der Waals surface area (Å²) >= 11 is 0. The smallest absolute Gasteiger partial charge is 0 e. The van der Waals surface area contributed by atoms with Gasteiger partial charge >= 0.3 is 36.5 Å². The van der Waals surface area contributed by atoms with Gasteiger partial charge in [-0.3, -0.25) is 0 Å². The Bertz CT molecular complexity index is 8.00. The summed E-state index contributed by atoms with van der Waals surface area (Å²) < 4.78 is 0. The van der Waals surface area contributed by atoms with E-state index in [4.69, 9.17) is 0 Å². The van der Waals surface area contributed by atoms with Gasteiger partial charge in [0.2, 0.25) is 0 Å². The van der Waals surface area contributed by atoms with Crippen molar-refractivity contribution in [3.8, 4) is 0 Å². The molecule has 0 amide bonds. The Balaban J connectivity index is 0. The van der Waals surface area contributed by atoms with E-state index in [0.29, 0.717) is 0 Å². The first-order chi connectivity index (χ1) is 0. The van der Waals surface area contributed by atoms with Crippen LogP contribution in [-0.2, 0) is 39.1 Å². The zero-order chi connectivity index (χ0) is 0. The summed E-state index contributed by atoms with van der Waals surface area (Å²) in [5.74, 6) is 0. The Labute approximate surface area is 74.6 Å². The second kappa shape index (κ2) is 18.2. The Morgan fingerprint density at radius 3 is 1.00 bits per heavy atom. The summed E-state index contributed by atoms with van der Waals surface area (Å²) in [4.78, 5) is 0. The van der Waals surface area contributed by atoms with Crippen molar-refractivity contribution in [2.45, 2.75) is 0 Å². The maximum atomic E-state index is 0. The fourth-order valence-corrected chi connectivity index (χ4v) is 0. The maximum absolute atomic E-state index is 0. The second-order valence-corrected chi connectivity index (χ2v) is 0. The summed E-state index contributed by atoms with van der Waals surface area (Å²) in [6, 6.07) is 0. The van der Waals surface area contributed by atoms with Crippen LogP contribution in [-0.4, -0.2) is 36.5 Å². The van der Waals surface area contributed by atoms with E-state index in [-0.39, 0.29) is 75.5 Å². The van der Waals surface area contributed by atoms with Crippen LogP contribution in [0, 0.1) is 0 Å². The van der Waals surface area contributed by atoms with Crippen molar-refractivity contribution in [2.24, 2.45) is 0 Å². The SMILES string of the molecule is [Cr].[GeH4].[LiH].[Ti]. The van der Waals surface area contributed by atoms with E-state index in [1.54, 1.807) is 0 Å². The molecule has 0 rings (SSSR count). The van der Waals surface area contributed by atoms with Crippen molar-refractivity contribution in [2.75, 3.05) is 0 Å². The van der Waals surface area contributed by atoms with Gasteiger partial charge in [0.25, 0.3) is 0 Å². The molecule has 20 valence electrons. The van der Waals surface area contributed by atoms with Crippen LogP contribution in [0.15, 0.2) is 0 Å². The minimum atomic E-state index is 0. The molecule has 0 aromatic rings. The van der Waals surface area contributed by atoms with Gasteiger partial charge in [-0.1, -0.05) is 0 Å². The molecule has 0 aromatic carbocycles. The fraction of sp³-hybridized carbons (Fsp3) is 0. The summed E-state index contributed by atoms with van der Waals surface area (Å²) in [6.07, 6.45) is 0. The fourth-order valence-electron chi connectivity index (χ4n) is 0. The molecule has 0 saturated carbocycles. The first-order valence-electron chi connectivity index (χ1n) is 0. The molecule has 4 heteroatoms. The number of rotatable bonds is 0. The molecule has 0 heterocycles. The second-order valence-electron chi connectivity index (χ2n) is 0. The van der Waals surface area contributed by atoms with Crippen LogP contribution in [0.1, 0.15) is 0 Å². The summed E-state index contributed by atoms with van der Waals surface area (Å²) in [5, 5.41) is 0. The van der Waals surface area contributed by atoms with E-state index in [2.05, 4.69) is 0 Å². The standard InChI is InChI=1S/Cr.GeH4.Li.Ti.H/h;1H4;;;. The Morgan fingerprint density at radius 2 is 1.00 bits per heavy atom. The van der Waals surface area contributed by atoms with Crippen molar-refractivity contribution in [3.63, 3.8) is 0 Å². The molecule has 0 nitrogen and oxygen atoms in total. The van der Waals surface area contributed by atoms with Gasteiger partial charge in [0.05, 0.1) is 0 Å². The third-order valence-corrected chi connectivity index (χ3v) is 0. The van der Waals surface area contributed by atoms with E-state index >= 15 is 0 Å². The summed E-state index contributed by atoms with van der Waals surface area (Å²) in [7, 11) is 0. The van der Waals surface area contributed by atoms with Gasteiger partial charge in [0, 0.05) is 39.1 Å². The van der Waals surface area contributed by atoms with Crippen molar-refractivity contribution in [3.05, 3.63) is 0 Å². The zero-order valence-corrected chi connectivity index (χ0v) is 3.74. The Hall–Kier alpha value is 2.39. The normalized spacial score (nSPS) is 0. The quantitative estimate of drug-likeness (QED) is 0.378. The molecular formula is H5CrGeLiTi. The molecule has 0 radical (unpaired) electrons. The molecular weight excluding hydrogens is 179 g/mol. The van der Waals surface area contributed by atoms with Crippen LogP contribution >= 0.6 is 0 Å². The molecule has 0 bridgehead atoms. The van der Waals surface area contributed by atoms with Gasteiger partial charge in [-0.05, 0) is 0 Å².